The third kappa shape index (κ3) is 3.96. The van der Waals surface area contributed by atoms with Crippen molar-refractivity contribution in [1.29, 1.82) is 0 Å². The van der Waals surface area contributed by atoms with E-state index in [1.165, 1.54) is 0 Å². The zero-order valence-corrected chi connectivity index (χ0v) is 16.1. The molecule has 6 heteroatoms. The number of aromatic nitrogens is 2. The smallest absolute Gasteiger partial charge is 0.290 e. The average Bonchev–Trinajstić information content (AvgIpc) is 3.10. The van der Waals surface area contributed by atoms with Crippen molar-refractivity contribution in [3.8, 4) is 0 Å². The number of carbonyl (C=O) groups excluding carboxylic acids is 2. The topological polar surface area (TPSA) is 66.7 Å². The van der Waals surface area contributed by atoms with Gasteiger partial charge in [0.05, 0.1) is 5.52 Å². The maximum atomic E-state index is 13.3. The first kappa shape index (κ1) is 19.4. The summed E-state index contributed by atoms with van der Waals surface area (Å²) in [7, 11) is 0. The standard InChI is InChI=1S/C22H24N4O2/c1-4-13-23-21(27)19-18-12-8-9-14-25(18)20(24-19)22(28)26(16(2)3)15-17-10-6-5-7-11-17/h4-12,14,16H,1,13,15H2,2-3H3,(H,23,27). The predicted octanol–water partition coefficient (Wildman–Crippen LogP) is 3.30. The summed E-state index contributed by atoms with van der Waals surface area (Å²) in [4.78, 5) is 32.0. The first-order valence-corrected chi connectivity index (χ1v) is 9.24. The maximum Gasteiger partial charge on any atom is 0.290 e. The molecule has 0 radical (unpaired) electrons. The van der Waals surface area contributed by atoms with Crippen molar-refractivity contribution in [3.63, 3.8) is 0 Å². The van der Waals surface area contributed by atoms with Crippen molar-refractivity contribution in [2.24, 2.45) is 0 Å². The van der Waals surface area contributed by atoms with Crippen LogP contribution in [-0.2, 0) is 6.54 Å². The van der Waals surface area contributed by atoms with Crippen molar-refractivity contribution in [2.75, 3.05) is 6.54 Å². The molecule has 0 aliphatic heterocycles. The molecule has 1 aromatic carbocycles. The number of nitrogens with one attached hydrogen (secondary N) is 1. The second-order valence-electron chi connectivity index (χ2n) is 6.75. The summed E-state index contributed by atoms with van der Waals surface area (Å²) in [6.07, 6.45) is 3.35. The number of nitrogens with zero attached hydrogens (tertiary/aromatic N) is 3. The van der Waals surface area contributed by atoms with E-state index in [0.717, 1.165) is 5.56 Å². The minimum atomic E-state index is -0.332. The molecule has 0 fully saturated rings. The van der Waals surface area contributed by atoms with Gasteiger partial charge in [-0.05, 0) is 31.5 Å². The normalized spacial score (nSPS) is 10.8. The number of imidazole rings is 1. The average molecular weight is 376 g/mol. The van der Waals surface area contributed by atoms with E-state index in [1.54, 1.807) is 27.6 Å². The summed E-state index contributed by atoms with van der Waals surface area (Å²) in [5.74, 6) is -0.325. The van der Waals surface area contributed by atoms with Crippen molar-refractivity contribution in [1.82, 2.24) is 19.6 Å². The summed E-state index contributed by atoms with van der Waals surface area (Å²) in [5, 5.41) is 2.73. The molecule has 6 nitrogen and oxygen atoms in total. The molecule has 2 heterocycles. The van der Waals surface area contributed by atoms with E-state index in [2.05, 4.69) is 16.9 Å². The van der Waals surface area contributed by atoms with Gasteiger partial charge in [0.1, 0.15) is 0 Å². The van der Waals surface area contributed by atoms with Crippen molar-refractivity contribution in [2.45, 2.75) is 26.4 Å². The number of fused-ring (bicyclic) bond motifs is 1. The minimum absolute atomic E-state index is 0.0261. The molecule has 0 bridgehead atoms. The summed E-state index contributed by atoms with van der Waals surface area (Å²) in [6, 6.07) is 15.2. The molecular weight excluding hydrogens is 352 g/mol. The maximum absolute atomic E-state index is 13.3. The Hall–Kier alpha value is -3.41. The van der Waals surface area contributed by atoms with Crippen LogP contribution in [0.3, 0.4) is 0 Å². The highest BCUT2D eigenvalue weighted by molar-refractivity contribution is 6.02. The highest BCUT2D eigenvalue weighted by Crippen LogP contribution is 2.18. The Morgan fingerprint density at radius 1 is 1.18 bits per heavy atom. The molecule has 0 aliphatic rings. The molecule has 0 unspecified atom stereocenters. The van der Waals surface area contributed by atoms with Crippen molar-refractivity contribution in [3.05, 3.63) is 84.5 Å². The van der Waals surface area contributed by atoms with Gasteiger partial charge in [-0.25, -0.2) is 4.98 Å². The molecule has 3 aromatic rings. The van der Waals surface area contributed by atoms with Crippen molar-refractivity contribution >= 4 is 17.3 Å². The Morgan fingerprint density at radius 3 is 2.57 bits per heavy atom. The number of pyridine rings is 1. The van der Waals surface area contributed by atoms with E-state index in [4.69, 9.17) is 0 Å². The van der Waals surface area contributed by atoms with Gasteiger partial charge in [0.15, 0.2) is 5.69 Å². The van der Waals surface area contributed by atoms with E-state index in [0.29, 0.717) is 18.6 Å². The van der Waals surface area contributed by atoms with Gasteiger partial charge in [-0.15, -0.1) is 6.58 Å². The van der Waals surface area contributed by atoms with E-state index >= 15 is 0 Å². The largest absolute Gasteiger partial charge is 0.347 e. The third-order valence-electron chi connectivity index (χ3n) is 4.44. The fraction of sp³-hybridized carbons (Fsp3) is 0.227. The summed E-state index contributed by atoms with van der Waals surface area (Å²) in [6.45, 7) is 8.34. The lowest BCUT2D eigenvalue weighted by Crippen LogP contribution is -2.37. The number of hydrogen-bond donors (Lipinski definition) is 1. The number of carbonyl (C=O) groups is 2. The summed E-state index contributed by atoms with van der Waals surface area (Å²) < 4.78 is 1.67. The van der Waals surface area contributed by atoms with Crippen LogP contribution < -0.4 is 5.32 Å². The Labute approximate surface area is 164 Å². The first-order chi connectivity index (χ1) is 13.5. The van der Waals surface area contributed by atoms with Gasteiger partial charge < -0.3 is 10.2 Å². The molecule has 0 saturated heterocycles. The number of benzene rings is 1. The molecule has 0 atom stereocenters. The molecule has 1 N–H and O–H groups in total. The fourth-order valence-electron chi connectivity index (χ4n) is 3.00. The van der Waals surface area contributed by atoms with Crippen LogP contribution in [0, 0.1) is 0 Å². The highest BCUT2D eigenvalue weighted by atomic mass is 16.2. The van der Waals surface area contributed by atoms with Crippen LogP contribution in [0.4, 0.5) is 0 Å². The third-order valence-corrected chi connectivity index (χ3v) is 4.44. The molecule has 0 spiro atoms. The van der Waals surface area contributed by atoms with E-state index in [9.17, 15) is 9.59 Å². The van der Waals surface area contributed by atoms with Gasteiger partial charge in [-0.1, -0.05) is 42.5 Å². The molecule has 0 aliphatic carbocycles. The second-order valence-corrected chi connectivity index (χ2v) is 6.75. The lowest BCUT2D eigenvalue weighted by Gasteiger charge is -2.26. The quantitative estimate of drug-likeness (QED) is 0.644. The molecule has 0 saturated carbocycles. The second kappa shape index (κ2) is 8.52. The minimum Gasteiger partial charge on any atom is -0.347 e. The molecule has 28 heavy (non-hydrogen) atoms. The molecule has 2 amide bonds. The molecule has 144 valence electrons. The number of rotatable bonds is 7. The first-order valence-electron chi connectivity index (χ1n) is 9.24. The van der Waals surface area contributed by atoms with Gasteiger partial charge in [-0.3, -0.25) is 14.0 Å². The van der Waals surface area contributed by atoms with Crippen LogP contribution in [0.1, 0.15) is 40.5 Å². The Morgan fingerprint density at radius 2 is 1.89 bits per heavy atom. The Bertz CT molecular complexity index is 992. The monoisotopic (exact) mass is 376 g/mol. The van der Waals surface area contributed by atoms with Gasteiger partial charge in [-0.2, -0.15) is 0 Å². The van der Waals surface area contributed by atoms with E-state index in [1.807, 2.05) is 56.3 Å². The zero-order chi connectivity index (χ0) is 20.1. The van der Waals surface area contributed by atoms with Gasteiger partial charge in [0.25, 0.3) is 11.8 Å². The number of hydrogen-bond acceptors (Lipinski definition) is 3. The number of amides is 2. The Balaban J connectivity index is 2.00. The molecule has 2 aromatic heterocycles. The van der Waals surface area contributed by atoms with Crippen LogP contribution in [-0.4, -0.2) is 38.7 Å². The lowest BCUT2D eigenvalue weighted by atomic mass is 10.2. The van der Waals surface area contributed by atoms with E-state index < -0.39 is 0 Å². The van der Waals surface area contributed by atoms with Crippen molar-refractivity contribution < 1.29 is 9.59 Å². The van der Waals surface area contributed by atoms with Gasteiger partial charge >= 0.3 is 0 Å². The van der Waals surface area contributed by atoms with Crippen LogP contribution in [0.15, 0.2) is 67.4 Å². The highest BCUT2D eigenvalue weighted by Gasteiger charge is 2.26. The molecule has 3 rings (SSSR count). The fourth-order valence-corrected chi connectivity index (χ4v) is 3.00. The van der Waals surface area contributed by atoms with Gasteiger partial charge in [0, 0.05) is 25.3 Å². The summed E-state index contributed by atoms with van der Waals surface area (Å²) in [5.41, 5.74) is 1.86. The predicted molar refractivity (Wildman–Crippen MR) is 109 cm³/mol. The summed E-state index contributed by atoms with van der Waals surface area (Å²) >= 11 is 0. The lowest BCUT2D eigenvalue weighted by molar-refractivity contribution is 0.0677. The van der Waals surface area contributed by atoms with E-state index in [-0.39, 0.29) is 29.4 Å². The molecular formula is C22H24N4O2. The van der Waals surface area contributed by atoms with Gasteiger partial charge in [0.2, 0.25) is 5.82 Å². The van der Waals surface area contributed by atoms with Crippen LogP contribution in [0.2, 0.25) is 0 Å². The van der Waals surface area contributed by atoms with Crippen LogP contribution >= 0.6 is 0 Å². The van der Waals surface area contributed by atoms with Crippen LogP contribution in [0.25, 0.3) is 5.52 Å². The Kier molecular flexibility index (Phi) is 5.89. The van der Waals surface area contributed by atoms with Crippen LogP contribution in [0.5, 0.6) is 0 Å². The zero-order valence-electron chi connectivity index (χ0n) is 16.1. The SMILES string of the molecule is C=CCNC(=O)c1nc(C(=O)N(Cc2ccccc2)C(C)C)n2ccccc12.